The van der Waals surface area contributed by atoms with Crippen LogP contribution in [0.5, 0.6) is 0 Å². The summed E-state index contributed by atoms with van der Waals surface area (Å²) in [6, 6.07) is 0. The number of carboxylic acid groups (broad SMARTS) is 5. The lowest BCUT2D eigenvalue weighted by atomic mass is 9.56. The molecule has 5 saturated carbocycles. The van der Waals surface area contributed by atoms with Gasteiger partial charge in [0.05, 0.1) is 22.7 Å². The van der Waals surface area contributed by atoms with Gasteiger partial charge >= 0.3 is 48.4 Å². The van der Waals surface area contributed by atoms with Gasteiger partial charge in [-0.2, -0.15) is 39.5 Å². The molecule has 0 spiro atoms. The maximum Gasteiger partial charge on any atom is 0.402 e. The number of aliphatic carboxylic acids is 5. The van der Waals surface area contributed by atoms with Crippen LogP contribution in [0.25, 0.3) is 0 Å². The highest BCUT2D eigenvalue weighted by Crippen LogP contribution is 2.67. The summed E-state index contributed by atoms with van der Waals surface area (Å²) in [5.74, 6) is -4.78. The third-order valence-corrected chi connectivity index (χ3v) is 26.2. The molecule has 0 radical (unpaired) electrons. The molecule has 116 heavy (non-hydrogen) atoms. The first-order chi connectivity index (χ1) is 50.0. The first-order valence-electron chi connectivity index (χ1n) is 42.9. The Kier molecular flexibility index (Phi) is 50.4. The zero-order valence-electron chi connectivity index (χ0n) is 83.9. The number of hydrogen-bond acceptors (Lipinski definition) is 6. The van der Waals surface area contributed by atoms with Gasteiger partial charge in [-0.1, -0.05) is 339 Å². The molecule has 0 aromatic rings. The molecule has 11 nitrogen and oxygen atoms in total. The highest BCUT2D eigenvalue weighted by Gasteiger charge is 2.69. The first kappa shape index (κ1) is 126. The molecule has 5 aliphatic rings. The minimum absolute atomic E-state index is 0.0706. The Hall–Kier alpha value is -3.32. The molecule has 0 bridgehead atoms. The summed E-state index contributed by atoms with van der Waals surface area (Å²) in [6.45, 7) is 99.1. The van der Waals surface area contributed by atoms with Gasteiger partial charge < -0.3 is 30.3 Å². The largest absolute Gasteiger partial charge is 0.481 e. The molecule has 0 aromatic heterocycles. The van der Waals surface area contributed by atoms with Gasteiger partial charge in [0, 0.05) is 13.7 Å². The number of hydrogen-bond donors (Lipinski definition) is 5. The van der Waals surface area contributed by atoms with E-state index in [9.17, 15) is 63.5 Å². The van der Waals surface area contributed by atoms with Crippen molar-refractivity contribution in [1.29, 1.82) is 0 Å². The maximum atomic E-state index is 12.4. The summed E-state index contributed by atoms with van der Waals surface area (Å²) in [5.41, 5.74) is -1.22. The van der Waals surface area contributed by atoms with Gasteiger partial charge in [-0.3, -0.25) is 24.0 Å². The minimum Gasteiger partial charge on any atom is -0.481 e. The molecule has 0 aromatic carbocycles. The summed E-state index contributed by atoms with van der Waals surface area (Å²) in [4.78, 5) is 52.0. The summed E-state index contributed by atoms with van der Waals surface area (Å²) >= 11 is 0. The summed E-state index contributed by atoms with van der Waals surface area (Å²) in [7, 11) is 1.75. The van der Waals surface area contributed by atoms with E-state index in [-0.39, 0.29) is 28.1 Å². The summed E-state index contributed by atoms with van der Waals surface area (Å²) in [5, 5.41) is 42.5. The van der Waals surface area contributed by atoms with Gasteiger partial charge in [-0.15, -0.1) is 0 Å². The predicted molar refractivity (Wildman–Crippen MR) is 469 cm³/mol. The van der Waals surface area contributed by atoms with Gasteiger partial charge in [-0.05, 0) is 181 Å². The second-order valence-electron chi connectivity index (χ2n) is 49.0. The molecule has 5 aliphatic carbocycles. The lowest BCUT2D eigenvalue weighted by molar-refractivity contribution is -0.215. The fraction of sp³-hybridized carbons (Fsp3) is 0.948. The number of ether oxygens (including phenoxy) is 1. The number of methoxy groups -OCH3 is 1. The molecule has 20 heteroatoms. The zero-order chi connectivity index (χ0) is 95.9. The van der Waals surface area contributed by atoms with Crippen LogP contribution < -0.4 is 0 Å². The third kappa shape index (κ3) is 50.9. The van der Waals surface area contributed by atoms with Crippen molar-refractivity contribution in [3.05, 3.63) is 0 Å². The third-order valence-electron chi connectivity index (χ3n) is 26.2. The highest BCUT2D eigenvalue weighted by molar-refractivity contribution is 5.78. The molecular formula is C96H187F9O11. The quantitative estimate of drug-likeness (QED) is 0.138. The normalized spacial score (nSPS) is 18.7. The Morgan fingerprint density at radius 1 is 0.371 bits per heavy atom. The molecule has 5 fully saturated rings. The predicted octanol–water partition coefficient (Wildman–Crippen LogP) is 31.5. The molecular weight excluding hydrogens is 1500 g/mol. The van der Waals surface area contributed by atoms with E-state index >= 15 is 0 Å². The van der Waals surface area contributed by atoms with Crippen LogP contribution in [0.2, 0.25) is 0 Å². The van der Waals surface area contributed by atoms with Crippen molar-refractivity contribution >= 4 is 29.8 Å². The molecule has 700 valence electrons. The average molecular weight is 1690 g/mol. The van der Waals surface area contributed by atoms with Crippen molar-refractivity contribution in [1.82, 2.24) is 0 Å². The van der Waals surface area contributed by atoms with Gasteiger partial charge in [0.15, 0.2) is 11.8 Å². The topological polar surface area (TPSA) is 196 Å². The van der Waals surface area contributed by atoms with E-state index < -0.39 is 87.3 Å². The Bertz CT molecular complexity index is 2630. The van der Waals surface area contributed by atoms with Crippen LogP contribution in [0.4, 0.5) is 39.5 Å². The standard InChI is InChI=1S/C10H22.2C9H18.C9H20.C8H13F3.C8H14O2.C8H18O.2C7H11F3O2.2C7H14O2.C7H14/c1-8(9(2,3)4)10(5,6)7;1-8(2,3)9(4)6-5-7-9;1-7(8-5-6-8)9(2,3)4;1-7(2)8(3)9(4,5)6;1-6(2,3)7(4-5-7)8(9,10)11;1-7(2,3)8(4-5-8)6(9)10;1-7(6-9-5)8(2,3)4;2*1-6(2,3)4(5(11)12)7(8,9)10;2*1-5(6(8)9)7(2,3)4;1-7(2,3)6-4-5-6/h8H,1-7H3;5-7H2,1-4H3;7-8H,5-6H2,1-4H3;7-8H,1-6H3;4-5H2,1-3H3;4-5H2,1-3H3,(H,9,10);7H,6H2,1-5H3;2*4H,1-3H3,(H,11,12);2*5H,1-4H3,(H,8,9);6H,4-5H2,1-3H3/t;;7-;8-;;;7-;2*4-;2*5-;/m..11..11010./s1. The van der Waals surface area contributed by atoms with Crippen LogP contribution in [0.15, 0.2) is 0 Å². The minimum atomic E-state index is -4.68. The first-order valence-corrected chi connectivity index (χ1v) is 42.9. The summed E-state index contributed by atoms with van der Waals surface area (Å²) in [6.07, 6.45) is -0.790. The number of halogens is 9. The number of alkyl halides is 9. The highest BCUT2D eigenvalue weighted by atomic mass is 19.4. The molecule has 7 atom stereocenters. The van der Waals surface area contributed by atoms with Crippen molar-refractivity contribution in [3.8, 4) is 0 Å². The smallest absolute Gasteiger partial charge is 0.402 e. The van der Waals surface area contributed by atoms with Crippen molar-refractivity contribution in [3.63, 3.8) is 0 Å². The Morgan fingerprint density at radius 2 is 0.672 bits per heavy atom. The average Bonchev–Trinajstić information content (AvgIpc) is 1.57. The maximum absolute atomic E-state index is 12.4. The number of carboxylic acids is 5. The molecule has 5 rings (SSSR count). The van der Waals surface area contributed by atoms with Crippen molar-refractivity contribution < 1.29 is 93.8 Å². The monoisotopic (exact) mass is 1690 g/mol. The van der Waals surface area contributed by atoms with E-state index in [1.54, 1.807) is 41.7 Å². The second kappa shape index (κ2) is 46.4. The van der Waals surface area contributed by atoms with E-state index in [0.717, 1.165) is 55.0 Å². The van der Waals surface area contributed by atoms with Crippen LogP contribution in [0, 0.1) is 152 Å². The van der Waals surface area contributed by atoms with Gasteiger partial charge in [0.1, 0.15) is 0 Å². The van der Waals surface area contributed by atoms with Gasteiger partial charge in [0.25, 0.3) is 0 Å². The fourth-order valence-electron chi connectivity index (χ4n) is 12.2. The molecule has 0 aliphatic heterocycles. The van der Waals surface area contributed by atoms with Crippen LogP contribution in [-0.2, 0) is 28.7 Å². The van der Waals surface area contributed by atoms with Crippen molar-refractivity contribution in [2.24, 2.45) is 152 Å². The summed E-state index contributed by atoms with van der Waals surface area (Å²) < 4.78 is 115. The van der Waals surface area contributed by atoms with Crippen LogP contribution in [0.1, 0.15) is 403 Å². The molecule has 0 heterocycles. The number of carbonyl (C=O) groups is 5. The van der Waals surface area contributed by atoms with E-state index in [1.165, 1.54) is 86.5 Å². The lowest BCUT2D eigenvalue weighted by Crippen LogP contribution is -2.40. The van der Waals surface area contributed by atoms with Gasteiger partial charge in [0.2, 0.25) is 0 Å². The fourth-order valence-corrected chi connectivity index (χ4v) is 12.2. The van der Waals surface area contributed by atoms with Crippen LogP contribution in [0.3, 0.4) is 0 Å². The Labute approximate surface area is 707 Å². The van der Waals surface area contributed by atoms with Crippen molar-refractivity contribution in [2.75, 3.05) is 13.7 Å². The Balaban J connectivity index is -0.000000224. The van der Waals surface area contributed by atoms with Crippen LogP contribution >= 0.6 is 0 Å². The lowest BCUT2D eigenvalue weighted by Gasteiger charge is -2.49. The number of rotatable bonds is 9. The van der Waals surface area contributed by atoms with E-state index in [2.05, 4.69) is 194 Å². The van der Waals surface area contributed by atoms with Crippen LogP contribution in [-0.4, -0.2) is 87.6 Å². The van der Waals surface area contributed by atoms with E-state index in [1.807, 2.05) is 62.3 Å². The second-order valence-corrected chi connectivity index (χ2v) is 49.0. The zero-order valence-corrected chi connectivity index (χ0v) is 83.9. The molecule has 0 saturated heterocycles. The molecule has 5 N–H and O–H groups in total. The van der Waals surface area contributed by atoms with Crippen molar-refractivity contribution in [2.45, 2.75) is 421 Å². The molecule has 0 unspecified atom stereocenters. The SMILES string of the molecule is CC(C(C)(C)C)C(C)(C)C.CC(C)(C)C1(C(=O)O)CC1.CC(C)(C)C1(C(F)(F)F)CC1.CC(C)(C)C1(C)CCC1.CC(C)(C)C1CC1.CC(C)(C)[C@@H](C(=O)O)C(F)(F)F.CC(C)(C)[C@H](C(=O)O)C(F)(F)F.CC(C)[C@@H](C)C(C)(C)C.COC[C@@H](C)C(C)(C)C.C[C@@H](C(=O)O)C(C)(C)C.C[C@H](C(=O)O)C(C)(C)C.C[C@H](C1CC1)C(C)(C)C. The van der Waals surface area contributed by atoms with E-state index in [0.29, 0.717) is 62.1 Å². The van der Waals surface area contributed by atoms with Gasteiger partial charge in [-0.25, -0.2) is 0 Å². The van der Waals surface area contributed by atoms with E-state index in [4.69, 9.17) is 30.3 Å². The molecule has 0 amide bonds. The Morgan fingerprint density at radius 3 is 0.690 bits per heavy atom.